The Balaban J connectivity index is 1.15. The van der Waals surface area contributed by atoms with Crippen molar-refractivity contribution in [3.63, 3.8) is 0 Å². The highest BCUT2D eigenvalue weighted by Crippen LogP contribution is 2.40. The number of hydrogen-bond acceptors (Lipinski definition) is 3. The summed E-state index contributed by atoms with van der Waals surface area (Å²) < 4.78 is 4.74. The van der Waals surface area contributed by atoms with E-state index in [4.69, 9.17) is 9.98 Å². The molecule has 1 N–H and O–H groups in total. The minimum atomic E-state index is -0.493. The van der Waals surface area contributed by atoms with Crippen molar-refractivity contribution < 1.29 is 0 Å². The molecule has 0 fully saturated rings. The molecule has 1 aliphatic rings. The lowest BCUT2D eigenvalue weighted by Crippen LogP contribution is -2.36. The summed E-state index contributed by atoms with van der Waals surface area (Å²) in [7, 11) is 0. The lowest BCUT2D eigenvalue weighted by Gasteiger charge is -2.26. The Morgan fingerprint density at radius 2 is 0.893 bits per heavy atom. The first-order valence-electron chi connectivity index (χ1n) is 19.0. The Morgan fingerprint density at radius 1 is 0.375 bits per heavy atom. The molecule has 2 aromatic heterocycles. The zero-order chi connectivity index (χ0) is 37.0. The van der Waals surface area contributed by atoms with Gasteiger partial charge in [-0.1, -0.05) is 152 Å². The van der Waals surface area contributed by atoms with Crippen LogP contribution in [0.3, 0.4) is 0 Å². The number of fused-ring (bicyclic) bond motifs is 6. The average molecular weight is 718 g/mol. The molecule has 8 aromatic carbocycles. The van der Waals surface area contributed by atoms with Crippen molar-refractivity contribution in [3.05, 3.63) is 211 Å². The van der Waals surface area contributed by atoms with Gasteiger partial charge in [0.05, 0.1) is 22.1 Å². The maximum atomic E-state index is 5.46. The van der Waals surface area contributed by atoms with Gasteiger partial charge in [-0.25, -0.2) is 9.98 Å². The number of benzene rings is 8. The molecule has 264 valence electrons. The van der Waals surface area contributed by atoms with Crippen LogP contribution in [-0.4, -0.2) is 20.8 Å². The van der Waals surface area contributed by atoms with Crippen LogP contribution in [0.25, 0.3) is 71.6 Å². The van der Waals surface area contributed by atoms with Crippen LogP contribution in [0.15, 0.2) is 210 Å². The Bertz CT molecular complexity index is 3150. The minimum absolute atomic E-state index is 0.493. The maximum absolute atomic E-state index is 5.46. The van der Waals surface area contributed by atoms with Crippen molar-refractivity contribution in [2.45, 2.75) is 6.29 Å². The van der Waals surface area contributed by atoms with Gasteiger partial charge in [0.15, 0.2) is 5.84 Å². The highest BCUT2D eigenvalue weighted by Gasteiger charge is 2.26. The first-order chi connectivity index (χ1) is 27.8. The smallest absolute Gasteiger partial charge is 0.204 e. The molecule has 11 rings (SSSR count). The molecule has 10 aromatic rings. The molecular weight excluding hydrogens is 683 g/mol. The monoisotopic (exact) mass is 717 g/mol. The quantitative estimate of drug-likeness (QED) is 0.183. The number of nitrogens with zero attached hydrogens (tertiary/aromatic N) is 4. The highest BCUT2D eigenvalue weighted by atomic mass is 15.3. The van der Waals surface area contributed by atoms with Crippen molar-refractivity contribution in [2.24, 2.45) is 9.98 Å². The SMILES string of the molecule is c1ccc(-c2cccc(C3=NC(n4c5ccccc5c5cc6c7ccccc7n(-c7ccccc7)c6cc54)NC(c4cccc(-c5ccccc5)c4)=N3)c2)cc1. The predicted octanol–water partition coefficient (Wildman–Crippen LogP) is 12.2. The number of aliphatic imine (C=N–C) groups is 2. The van der Waals surface area contributed by atoms with E-state index in [0.717, 1.165) is 61.5 Å². The van der Waals surface area contributed by atoms with E-state index in [1.807, 2.05) is 6.07 Å². The Kier molecular flexibility index (Phi) is 7.49. The van der Waals surface area contributed by atoms with Crippen LogP contribution in [0.1, 0.15) is 17.4 Å². The van der Waals surface area contributed by atoms with Crippen LogP contribution in [0.4, 0.5) is 0 Å². The fourth-order valence-electron chi connectivity index (χ4n) is 8.37. The largest absolute Gasteiger partial charge is 0.331 e. The summed E-state index contributed by atoms with van der Waals surface area (Å²) in [6.45, 7) is 0. The number of nitrogens with one attached hydrogen (secondary N) is 1. The normalized spacial score (nSPS) is 14.2. The fraction of sp³-hybridized carbons (Fsp3) is 0.0196. The van der Waals surface area contributed by atoms with Crippen LogP contribution in [0, 0.1) is 0 Å². The van der Waals surface area contributed by atoms with Gasteiger partial charge in [0, 0.05) is 38.4 Å². The Morgan fingerprint density at radius 3 is 1.59 bits per heavy atom. The molecule has 0 aliphatic carbocycles. The van der Waals surface area contributed by atoms with E-state index in [0.29, 0.717) is 5.84 Å². The summed E-state index contributed by atoms with van der Waals surface area (Å²) >= 11 is 0. The highest BCUT2D eigenvalue weighted by molar-refractivity contribution is 6.19. The summed E-state index contributed by atoms with van der Waals surface area (Å²) in [5.74, 6) is 1.45. The fourth-order valence-corrected chi connectivity index (χ4v) is 8.37. The molecule has 56 heavy (non-hydrogen) atoms. The van der Waals surface area contributed by atoms with E-state index in [2.05, 4.69) is 209 Å². The summed E-state index contributed by atoms with van der Waals surface area (Å²) in [6.07, 6.45) is -0.493. The Hall–Kier alpha value is -7.50. The molecule has 5 nitrogen and oxygen atoms in total. The van der Waals surface area contributed by atoms with Gasteiger partial charge < -0.3 is 14.5 Å². The lowest BCUT2D eigenvalue weighted by atomic mass is 10.0. The third-order valence-corrected chi connectivity index (χ3v) is 11.0. The van der Waals surface area contributed by atoms with Crippen LogP contribution >= 0.6 is 0 Å². The van der Waals surface area contributed by atoms with Gasteiger partial charge in [-0.3, -0.25) is 0 Å². The summed E-state index contributed by atoms with van der Waals surface area (Å²) in [5, 5.41) is 8.64. The molecule has 0 saturated heterocycles. The predicted molar refractivity (Wildman–Crippen MR) is 233 cm³/mol. The molecule has 0 spiro atoms. The second kappa shape index (κ2) is 13.1. The van der Waals surface area contributed by atoms with Gasteiger partial charge in [0.25, 0.3) is 0 Å². The summed E-state index contributed by atoms with van der Waals surface area (Å²) in [5.41, 5.74) is 12.2. The van der Waals surface area contributed by atoms with Crippen LogP contribution < -0.4 is 5.32 Å². The van der Waals surface area contributed by atoms with Gasteiger partial charge in [-0.05, 0) is 70.8 Å². The minimum Gasteiger partial charge on any atom is -0.331 e. The number of para-hydroxylation sites is 3. The first kappa shape index (κ1) is 32.0. The number of hydrogen-bond donors (Lipinski definition) is 1. The second-order valence-electron chi connectivity index (χ2n) is 14.3. The molecule has 1 unspecified atom stereocenters. The van der Waals surface area contributed by atoms with Gasteiger partial charge in [-0.15, -0.1) is 0 Å². The van der Waals surface area contributed by atoms with Crippen molar-refractivity contribution in [1.29, 1.82) is 0 Å². The molecule has 5 heteroatoms. The molecule has 1 aliphatic heterocycles. The second-order valence-corrected chi connectivity index (χ2v) is 14.3. The number of aromatic nitrogens is 2. The molecule has 0 saturated carbocycles. The van der Waals surface area contributed by atoms with Crippen molar-refractivity contribution in [2.75, 3.05) is 0 Å². The Labute approximate surface area is 324 Å². The van der Waals surface area contributed by atoms with Gasteiger partial charge >= 0.3 is 0 Å². The standard InChI is InChI=1S/C51H35N5/c1-4-16-34(17-5-1)36-20-14-22-38(30-36)49-52-50(39-23-15-21-37(31-39)35-18-6-2-7-19-35)54-51(53-49)56-46-29-13-11-27-42(46)44-32-43-41-26-10-12-28-45(41)55(47(43)33-48(44)56)40-24-8-3-9-25-40/h1-33,51H,(H,52,53,54). The summed E-state index contributed by atoms with van der Waals surface area (Å²) in [6, 6.07) is 70.9. The van der Waals surface area contributed by atoms with Crippen molar-refractivity contribution in [3.8, 4) is 27.9 Å². The lowest BCUT2D eigenvalue weighted by molar-refractivity contribution is 0.516. The van der Waals surface area contributed by atoms with Crippen molar-refractivity contribution in [1.82, 2.24) is 14.5 Å². The zero-order valence-corrected chi connectivity index (χ0v) is 30.4. The van der Waals surface area contributed by atoms with E-state index < -0.39 is 6.29 Å². The van der Waals surface area contributed by atoms with Crippen LogP contribution in [0.2, 0.25) is 0 Å². The van der Waals surface area contributed by atoms with E-state index in [-0.39, 0.29) is 0 Å². The van der Waals surface area contributed by atoms with Gasteiger partial charge in [0.2, 0.25) is 6.29 Å². The average Bonchev–Trinajstić information content (AvgIpc) is 3.78. The molecule has 3 heterocycles. The molecular formula is C51H35N5. The number of amidine groups is 2. The third kappa shape index (κ3) is 5.32. The molecule has 0 bridgehead atoms. The number of rotatable bonds is 6. The topological polar surface area (TPSA) is 46.6 Å². The maximum Gasteiger partial charge on any atom is 0.204 e. The van der Waals surface area contributed by atoms with E-state index in [1.165, 1.54) is 27.1 Å². The van der Waals surface area contributed by atoms with Crippen LogP contribution in [-0.2, 0) is 0 Å². The van der Waals surface area contributed by atoms with Gasteiger partial charge in [0.1, 0.15) is 5.84 Å². The summed E-state index contributed by atoms with van der Waals surface area (Å²) in [4.78, 5) is 10.7. The molecule has 1 atom stereocenters. The third-order valence-electron chi connectivity index (χ3n) is 11.0. The molecule has 0 amide bonds. The van der Waals surface area contributed by atoms with Crippen LogP contribution in [0.5, 0.6) is 0 Å². The molecule has 0 radical (unpaired) electrons. The van der Waals surface area contributed by atoms with E-state index >= 15 is 0 Å². The van der Waals surface area contributed by atoms with Crippen molar-refractivity contribution >= 4 is 55.3 Å². The first-order valence-corrected chi connectivity index (χ1v) is 19.0. The van der Waals surface area contributed by atoms with Gasteiger partial charge in [-0.2, -0.15) is 0 Å². The zero-order valence-electron chi connectivity index (χ0n) is 30.4. The van der Waals surface area contributed by atoms with E-state index in [9.17, 15) is 0 Å². The van der Waals surface area contributed by atoms with E-state index in [1.54, 1.807) is 0 Å².